The highest BCUT2D eigenvalue weighted by molar-refractivity contribution is 7.86. The number of hydrogen-bond donors (Lipinski definition) is 0. The van der Waals surface area contributed by atoms with Crippen LogP contribution in [0.1, 0.15) is 109 Å². The summed E-state index contributed by atoms with van der Waals surface area (Å²) >= 11 is 0. The molecule has 32 nitrogen and oxygen atoms in total. The zero-order valence-electron chi connectivity index (χ0n) is 73.1. The van der Waals surface area contributed by atoms with Gasteiger partial charge in [-0.1, -0.05) is 200 Å². The Kier molecular flexibility index (Phi) is 35.2. The molecule has 0 saturated carbocycles. The molecule has 0 N–H and O–H groups in total. The predicted molar refractivity (Wildman–Crippen MR) is 478 cm³/mol. The SMILES string of the molecule is Cc1ccc(S(=O)(=O)OCCOCCOCCOCCO[C@@H]2O[C@H](COC(=O)c3ccccc3)[C@@H](O[C@@H]3O[C@H](COC(=O)c4ccccc4)[C@H](O[C@@H]4O[C@H](COC(=O)c5ccccc5)C(OC(=O)c5ccccc5)[C@H](OC(=O)c5ccccc5)[C@H]4OC(=O)c4ccccc4)[C@H](OC(=O)c4ccccc4)[C@H]3OC(=O)c3ccccc3)[C@H](OC(=O)c3ccccc3)[C@H]2OC(=O)c2ccccc2)cc1. The molecule has 3 saturated heterocycles. The Balaban J connectivity index is 0.882. The van der Waals surface area contributed by atoms with Crippen molar-refractivity contribution in [1.82, 2.24) is 0 Å². The smallest absolute Gasteiger partial charge is 0.338 e. The van der Waals surface area contributed by atoms with Crippen molar-refractivity contribution in [2.24, 2.45) is 0 Å². The summed E-state index contributed by atoms with van der Waals surface area (Å²) < 4.78 is 154. The van der Waals surface area contributed by atoms with Gasteiger partial charge in [0.25, 0.3) is 10.1 Å². The van der Waals surface area contributed by atoms with Crippen LogP contribution in [0.2, 0.25) is 0 Å². The first kappa shape index (κ1) is 97.7. The summed E-state index contributed by atoms with van der Waals surface area (Å²) in [5.74, 6) is -10.8. The lowest BCUT2D eigenvalue weighted by Gasteiger charge is -2.50. The number of aryl methyl sites for hydroxylation is 1. The second kappa shape index (κ2) is 49.1. The van der Waals surface area contributed by atoms with Gasteiger partial charge < -0.3 is 90.0 Å². The van der Waals surface area contributed by atoms with Crippen molar-refractivity contribution in [3.63, 3.8) is 0 Å². The first-order chi connectivity index (χ1) is 66.3. The van der Waals surface area contributed by atoms with E-state index in [0.717, 1.165) is 5.56 Å². The molecular weight excluding hydrogens is 1780 g/mol. The molecule has 0 radical (unpaired) electrons. The molecule has 0 aromatic heterocycles. The number of ether oxygens (including phenoxy) is 19. The summed E-state index contributed by atoms with van der Waals surface area (Å²) in [4.78, 5) is 151. The molecule has 3 fully saturated rings. The monoisotopic (exact) mass is 1870 g/mol. The normalized spacial score (nSPS) is 21.3. The third-order valence-electron chi connectivity index (χ3n) is 21.3. The maximum atomic E-state index is 15.7. The molecule has 0 amide bonds. The van der Waals surface area contributed by atoms with Gasteiger partial charge in [-0.3, -0.25) is 4.18 Å². The molecular formula is C103H94O32S. The summed E-state index contributed by atoms with van der Waals surface area (Å²) in [5.41, 5.74) is 0.187. The van der Waals surface area contributed by atoms with Crippen molar-refractivity contribution in [1.29, 1.82) is 0 Å². The minimum atomic E-state index is -4.03. The molecule has 11 aromatic carbocycles. The number of hydrogen-bond acceptors (Lipinski definition) is 32. The molecule has 3 aliphatic rings. The highest BCUT2D eigenvalue weighted by Crippen LogP contribution is 2.41. The van der Waals surface area contributed by atoms with Crippen LogP contribution in [0.3, 0.4) is 0 Å². The van der Waals surface area contributed by atoms with Gasteiger partial charge in [-0.15, -0.1) is 0 Å². The minimum absolute atomic E-state index is 0.00145. The molecule has 33 heteroatoms. The molecule has 11 aromatic rings. The van der Waals surface area contributed by atoms with E-state index in [4.69, 9.17) is 94.2 Å². The van der Waals surface area contributed by atoms with Crippen molar-refractivity contribution >= 4 is 69.8 Å². The molecule has 704 valence electrons. The van der Waals surface area contributed by atoms with E-state index in [1.54, 1.807) is 133 Å². The van der Waals surface area contributed by atoms with Crippen molar-refractivity contribution in [2.45, 2.75) is 104 Å². The van der Waals surface area contributed by atoms with E-state index in [9.17, 15) is 27.6 Å². The summed E-state index contributed by atoms with van der Waals surface area (Å²) in [5, 5.41) is 0. The van der Waals surface area contributed by atoms with Crippen LogP contribution in [-0.4, -0.2) is 233 Å². The van der Waals surface area contributed by atoms with Gasteiger partial charge in [0, 0.05) is 0 Å². The Bertz CT molecular complexity index is 5850. The Morgan fingerprint density at radius 2 is 0.449 bits per heavy atom. The Morgan fingerprint density at radius 1 is 0.235 bits per heavy atom. The zero-order chi connectivity index (χ0) is 95.0. The minimum Gasteiger partial charge on any atom is -0.459 e. The van der Waals surface area contributed by atoms with Crippen LogP contribution in [0.5, 0.6) is 0 Å². The van der Waals surface area contributed by atoms with Crippen molar-refractivity contribution in [2.75, 3.05) is 72.7 Å². The molecule has 0 spiro atoms. The zero-order valence-corrected chi connectivity index (χ0v) is 73.9. The van der Waals surface area contributed by atoms with E-state index < -0.39 is 188 Å². The number of esters is 10. The summed E-state index contributed by atoms with van der Waals surface area (Å²) in [6, 6.07) is 81.4. The van der Waals surface area contributed by atoms with Gasteiger partial charge in [-0.2, -0.15) is 8.42 Å². The second-order valence-electron chi connectivity index (χ2n) is 30.7. The van der Waals surface area contributed by atoms with E-state index in [-0.39, 0.29) is 107 Å². The largest absolute Gasteiger partial charge is 0.459 e. The summed E-state index contributed by atoms with van der Waals surface area (Å²) in [6.07, 6.45) is -31.8. The third-order valence-corrected chi connectivity index (χ3v) is 22.6. The van der Waals surface area contributed by atoms with E-state index in [1.165, 1.54) is 194 Å². The van der Waals surface area contributed by atoms with E-state index >= 15 is 28.8 Å². The van der Waals surface area contributed by atoms with E-state index in [1.807, 2.05) is 6.92 Å². The molecule has 0 bridgehead atoms. The van der Waals surface area contributed by atoms with E-state index in [0.29, 0.717) is 0 Å². The van der Waals surface area contributed by atoms with Crippen LogP contribution < -0.4 is 0 Å². The quantitative estimate of drug-likeness (QED) is 0.0148. The molecule has 1 unspecified atom stereocenters. The molecule has 0 aliphatic carbocycles. The first-order valence-electron chi connectivity index (χ1n) is 43.4. The highest BCUT2D eigenvalue weighted by atomic mass is 32.2. The van der Waals surface area contributed by atoms with Crippen molar-refractivity contribution in [3.05, 3.63) is 389 Å². The van der Waals surface area contributed by atoms with Crippen LogP contribution in [-0.2, 0) is 104 Å². The summed E-state index contributed by atoms with van der Waals surface area (Å²) in [6.45, 7) is -1.85. The average Bonchev–Trinajstić information content (AvgIpc) is 0.743. The second-order valence-corrected chi connectivity index (χ2v) is 32.3. The fraction of sp³-hybridized carbons (Fsp3) is 0.262. The summed E-state index contributed by atoms with van der Waals surface area (Å²) in [7, 11) is -4.03. The lowest BCUT2D eigenvalue weighted by Crippen LogP contribution is -2.69. The fourth-order valence-corrected chi connectivity index (χ4v) is 15.4. The lowest BCUT2D eigenvalue weighted by atomic mass is 9.94. The number of benzene rings is 11. The molecule has 136 heavy (non-hydrogen) atoms. The molecule has 3 heterocycles. The lowest BCUT2D eigenvalue weighted by molar-refractivity contribution is -0.376. The van der Waals surface area contributed by atoms with Gasteiger partial charge in [0.1, 0.15) is 50.3 Å². The van der Waals surface area contributed by atoms with Gasteiger partial charge in [-0.05, 0) is 140 Å². The van der Waals surface area contributed by atoms with Crippen molar-refractivity contribution in [3.8, 4) is 0 Å². The van der Waals surface area contributed by atoms with Gasteiger partial charge >= 0.3 is 59.7 Å². The number of rotatable bonds is 42. The van der Waals surface area contributed by atoms with Gasteiger partial charge in [-0.25, -0.2) is 47.9 Å². The van der Waals surface area contributed by atoms with Crippen molar-refractivity contribution < 1.29 is 151 Å². The standard InChI is InChI=1S/C103H94O32S/c1-67-52-54-78(55-53-67)136(114,115)123-63-61-118-59-57-116-56-58-117-60-62-119-101-88(131-98(111)75-46-26-9-27-47-75)86(129-96(109)73-42-22-7-23-43-73)83(80(124-101)65-121-92(105)69-34-14-3-15-35-69)134-103-90(133-100(113)77-50-30-11-31-51-77)87(130-97(110)74-44-24-8-25-45-74)84(81(126-103)66-122-93(106)70-36-16-4-17-37-70)135-102-89(132-99(112)76-48-28-10-29-49-76)85(128-95(108)72-40-20-6-21-41-72)82(127-94(107)71-38-18-5-19-39-71)79(125-102)64-120-91(104)68-32-12-2-13-33-68/h2-55,79-90,101-103H,56-66H2,1H3/t79-,80-,81-,82?,83-,84+,85+,86+,87+,88-,89-,90-,101-,102+,103+/m1/s1. The number of carbonyl (C=O) groups excluding carboxylic acids is 10. The predicted octanol–water partition coefficient (Wildman–Crippen LogP) is 12.9. The fourth-order valence-electron chi connectivity index (χ4n) is 14.5. The topological polar surface area (TPSA) is 389 Å². The highest BCUT2D eigenvalue weighted by Gasteiger charge is 2.61. The number of carbonyl (C=O) groups is 10. The van der Waals surface area contributed by atoms with Gasteiger partial charge in [0.15, 0.2) is 61.6 Å². The maximum absolute atomic E-state index is 15.7. The van der Waals surface area contributed by atoms with Gasteiger partial charge in [0.05, 0.1) is 113 Å². The van der Waals surface area contributed by atoms with Crippen LogP contribution in [0.25, 0.3) is 0 Å². The average molecular weight is 1880 g/mol. The first-order valence-corrected chi connectivity index (χ1v) is 44.8. The Labute approximate surface area is 781 Å². The molecule has 14 rings (SSSR count). The van der Waals surface area contributed by atoms with Crippen LogP contribution in [0, 0.1) is 6.92 Å². The molecule has 3 aliphatic heterocycles. The van der Waals surface area contributed by atoms with E-state index in [2.05, 4.69) is 0 Å². The van der Waals surface area contributed by atoms with Crippen LogP contribution in [0.15, 0.2) is 332 Å². The Hall–Kier alpha value is -14.3. The van der Waals surface area contributed by atoms with Crippen LogP contribution >= 0.6 is 0 Å². The van der Waals surface area contributed by atoms with Gasteiger partial charge in [0.2, 0.25) is 0 Å². The van der Waals surface area contributed by atoms with Crippen LogP contribution in [0.4, 0.5) is 0 Å². The Morgan fingerprint density at radius 3 is 0.728 bits per heavy atom. The third kappa shape index (κ3) is 27.0. The molecule has 15 atom stereocenters. The maximum Gasteiger partial charge on any atom is 0.338 e.